The highest BCUT2D eigenvalue weighted by Crippen LogP contribution is 2.47. The Labute approximate surface area is 229 Å². The van der Waals surface area contributed by atoms with Crippen LogP contribution in [0.4, 0.5) is 11.5 Å². The molecule has 0 radical (unpaired) electrons. The number of pyridine rings is 1. The first-order chi connectivity index (χ1) is 18.4. The number of thiophene rings is 1. The molecule has 9 heteroatoms. The fourth-order valence-corrected chi connectivity index (χ4v) is 7.01. The first kappa shape index (κ1) is 25.3. The summed E-state index contributed by atoms with van der Waals surface area (Å²) < 4.78 is 13.8. The molecule has 0 bridgehead atoms. The molecule has 1 aliphatic heterocycles. The van der Waals surface area contributed by atoms with Gasteiger partial charge in [0.15, 0.2) is 0 Å². The van der Waals surface area contributed by atoms with Gasteiger partial charge in [-0.2, -0.15) is 5.10 Å². The Balaban J connectivity index is 1.32. The van der Waals surface area contributed by atoms with Crippen LogP contribution in [0.1, 0.15) is 10.4 Å². The van der Waals surface area contributed by atoms with E-state index in [-0.39, 0.29) is 0 Å². The number of nitrogen functional groups attached to an aromatic ring is 1. The largest absolute Gasteiger partial charge is 0.384 e. The van der Waals surface area contributed by atoms with Crippen molar-refractivity contribution in [3.8, 4) is 33.0 Å². The van der Waals surface area contributed by atoms with Gasteiger partial charge in [0.2, 0.25) is 0 Å². The molecule has 4 aromatic rings. The first-order valence-electron chi connectivity index (χ1n) is 13.3. The van der Waals surface area contributed by atoms with Gasteiger partial charge in [-0.15, -0.1) is 11.3 Å². The minimum atomic E-state index is -1.16. The molecule has 0 unspecified atom stereocenters. The third-order valence-electron chi connectivity index (χ3n) is 7.25. The van der Waals surface area contributed by atoms with Crippen LogP contribution >= 0.6 is 11.3 Å². The molecule has 1 saturated heterocycles. The molecular formula is C29H35N5O2SSi. The van der Waals surface area contributed by atoms with Gasteiger partial charge in [0.05, 0.1) is 24.6 Å². The average molecular weight is 546 g/mol. The second kappa shape index (κ2) is 10.3. The number of nitrogens with two attached hydrogens (primary N) is 1. The molecule has 198 valence electrons. The normalized spacial score (nSPS) is 15.1. The van der Waals surface area contributed by atoms with E-state index in [9.17, 15) is 0 Å². The number of ether oxygens (including phenoxy) is 2. The minimum absolute atomic E-state index is 0.465. The van der Waals surface area contributed by atoms with Crippen molar-refractivity contribution in [2.45, 2.75) is 38.8 Å². The summed E-state index contributed by atoms with van der Waals surface area (Å²) in [4.78, 5) is 9.25. The van der Waals surface area contributed by atoms with Gasteiger partial charge < -0.3 is 20.1 Å². The molecule has 6 rings (SSSR count). The third kappa shape index (κ3) is 5.16. The van der Waals surface area contributed by atoms with Gasteiger partial charge in [0.25, 0.3) is 0 Å². The van der Waals surface area contributed by atoms with Crippen molar-refractivity contribution < 1.29 is 9.47 Å². The van der Waals surface area contributed by atoms with Crippen molar-refractivity contribution in [2.75, 3.05) is 43.5 Å². The summed E-state index contributed by atoms with van der Waals surface area (Å²) in [7, 11) is -1.16. The van der Waals surface area contributed by atoms with Gasteiger partial charge in [0.1, 0.15) is 12.5 Å². The summed E-state index contributed by atoms with van der Waals surface area (Å²) in [5.41, 5.74) is 14.1. The maximum atomic E-state index is 6.18. The van der Waals surface area contributed by atoms with Gasteiger partial charge in [-0.3, -0.25) is 0 Å². The number of rotatable bonds is 8. The van der Waals surface area contributed by atoms with Gasteiger partial charge in [-0.05, 0) is 36.4 Å². The zero-order chi connectivity index (χ0) is 26.3. The Bertz CT molecular complexity index is 1420. The molecule has 0 amide bonds. The summed E-state index contributed by atoms with van der Waals surface area (Å²) in [5.74, 6) is 0.540. The molecule has 4 heterocycles. The van der Waals surface area contributed by atoms with E-state index < -0.39 is 8.07 Å². The molecule has 0 spiro atoms. The third-order valence-corrected chi connectivity index (χ3v) is 10.1. The number of morpholine rings is 1. The second-order valence-corrected chi connectivity index (χ2v) is 18.0. The van der Waals surface area contributed by atoms with E-state index >= 15 is 0 Å². The number of hydrogen-bond donors (Lipinski definition) is 1. The van der Waals surface area contributed by atoms with E-state index in [1.165, 1.54) is 32.3 Å². The number of hydrogen-bond acceptors (Lipinski definition) is 7. The van der Waals surface area contributed by atoms with Crippen molar-refractivity contribution in [1.29, 1.82) is 0 Å². The number of nitrogens with zero attached hydrogens (tertiary/aromatic N) is 4. The van der Waals surface area contributed by atoms with Crippen LogP contribution in [0.25, 0.3) is 33.0 Å². The molecule has 2 aliphatic rings. The fourth-order valence-electron chi connectivity index (χ4n) is 5.09. The molecule has 2 N–H and O–H groups in total. The Morgan fingerprint density at radius 1 is 1.05 bits per heavy atom. The molecule has 1 fully saturated rings. The van der Waals surface area contributed by atoms with E-state index in [1.54, 1.807) is 0 Å². The summed E-state index contributed by atoms with van der Waals surface area (Å²) in [5, 5.41) is 5.12. The first-order valence-corrected chi connectivity index (χ1v) is 17.8. The van der Waals surface area contributed by atoms with Crippen molar-refractivity contribution in [2.24, 2.45) is 0 Å². The van der Waals surface area contributed by atoms with Gasteiger partial charge in [-0.1, -0.05) is 31.8 Å². The maximum Gasteiger partial charge on any atom is 0.140 e. The highest BCUT2D eigenvalue weighted by molar-refractivity contribution is 7.16. The van der Waals surface area contributed by atoms with Crippen LogP contribution in [-0.4, -0.2) is 55.7 Å². The molecule has 0 atom stereocenters. The summed E-state index contributed by atoms with van der Waals surface area (Å²) >= 11 is 1.83. The lowest BCUT2D eigenvalue weighted by Crippen LogP contribution is -2.36. The van der Waals surface area contributed by atoms with Crippen molar-refractivity contribution in [3.05, 3.63) is 59.1 Å². The highest BCUT2D eigenvalue weighted by Gasteiger charge is 2.31. The topological polar surface area (TPSA) is 78.4 Å². The second-order valence-electron chi connectivity index (χ2n) is 11.3. The lowest BCUT2D eigenvalue weighted by Gasteiger charge is -2.28. The molecule has 0 saturated carbocycles. The SMILES string of the molecule is C[Si](C)(C)CCOCn1nc(-c2ccc(N3CCOCC3)cc2)c2c1-c1cc(-c3ccc(N)nc3)sc1C2. The van der Waals surface area contributed by atoms with E-state index in [0.29, 0.717) is 12.5 Å². The summed E-state index contributed by atoms with van der Waals surface area (Å²) in [6.45, 7) is 11.8. The van der Waals surface area contributed by atoms with E-state index in [0.717, 1.165) is 62.2 Å². The summed E-state index contributed by atoms with van der Waals surface area (Å²) in [6, 6.07) is 16.2. The van der Waals surface area contributed by atoms with Crippen LogP contribution in [0, 0.1) is 0 Å². The predicted molar refractivity (Wildman–Crippen MR) is 159 cm³/mol. The Hall–Kier alpha value is -2.98. The maximum absolute atomic E-state index is 6.18. The van der Waals surface area contributed by atoms with Crippen LogP contribution in [0.5, 0.6) is 0 Å². The van der Waals surface area contributed by atoms with Crippen molar-refractivity contribution in [3.63, 3.8) is 0 Å². The molecule has 1 aromatic carbocycles. The van der Waals surface area contributed by atoms with Crippen LogP contribution < -0.4 is 10.6 Å². The Kier molecular flexibility index (Phi) is 6.86. The number of fused-ring (bicyclic) bond motifs is 3. The monoisotopic (exact) mass is 545 g/mol. The standard InChI is InChI=1S/C29H35N5O2SSi/c1-38(2,3)15-14-36-19-34-29-23-16-25(21-6-9-27(30)31-18-21)37-26(23)17-24(29)28(32-34)20-4-7-22(8-5-20)33-10-12-35-13-11-33/h4-9,16,18H,10-15,17,19H2,1-3H3,(H2,30,31). The van der Waals surface area contributed by atoms with Crippen molar-refractivity contribution in [1.82, 2.24) is 14.8 Å². The number of aromatic nitrogens is 3. The van der Waals surface area contributed by atoms with Crippen molar-refractivity contribution >= 4 is 30.9 Å². The van der Waals surface area contributed by atoms with E-state index in [2.05, 4.69) is 64.5 Å². The molecule has 1 aliphatic carbocycles. The minimum Gasteiger partial charge on any atom is -0.384 e. The van der Waals surface area contributed by atoms with Crippen LogP contribution in [0.15, 0.2) is 48.7 Å². The van der Waals surface area contributed by atoms with Crippen LogP contribution in [-0.2, 0) is 22.6 Å². The fraction of sp³-hybridized carbons (Fsp3) is 0.379. The lowest BCUT2D eigenvalue weighted by atomic mass is 10.1. The molecular weight excluding hydrogens is 511 g/mol. The smallest absolute Gasteiger partial charge is 0.140 e. The zero-order valence-electron chi connectivity index (χ0n) is 22.4. The predicted octanol–water partition coefficient (Wildman–Crippen LogP) is 5.98. The van der Waals surface area contributed by atoms with Gasteiger partial charge >= 0.3 is 0 Å². The molecule has 3 aromatic heterocycles. The number of anilines is 2. The number of benzene rings is 1. The van der Waals surface area contributed by atoms with Gasteiger partial charge in [-0.25, -0.2) is 9.67 Å². The van der Waals surface area contributed by atoms with Gasteiger partial charge in [0, 0.05) is 78.1 Å². The highest BCUT2D eigenvalue weighted by atomic mass is 32.1. The van der Waals surface area contributed by atoms with Crippen LogP contribution in [0.3, 0.4) is 0 Å². The summed E-state index contributed by atoms with van der Waals surface area (Å²) in [6.07, 6.45) is 2.74. The van der Waals surface area contributed by atoms with Crippen LogP contribution in [0.2, 0.25) is 25.7 Å². The quantitative estimate of drug-likeness (QED) is 0.191. The van der Waals surface area contributed by atoms with E-state index in [4.69, 9.17) is 20.3 Å². The molecule has 38 heavy (non-hydrogen) atoms. The van der Waals surface area contributed by atoms with E-state index in [1.807, 2.05) is 29.7 Å². The molecule has 7 nitrogen and oxygen atoms in total. The zero-order valence-corrected chi connectivity index (χ0v) is 24.2. The average Bonchev–Trinajstić information content (AvgIpc) is 3.57. The lowest BCUT2D eigenvalue weighted by molar-refractivity contribution is 0.0799. The Morgan fingerprint density at radius 2 is 1.82 bits per heavy atom. The Morgan fingerprint density at radius 3 is 2.53 bits per heavy atom.